The van der Waals surface area contributed by atoms with Crippen molar-refractivity contribution in [2.45, 2.75) is 13.5 Å². The highest BCUT2D eigenvalue weighted by Gasteiger charge is 2.04. The van der Waals surface area contributed by atoms with Gasteiger partial charge in [0.25, 0.3) is 0 Å². The maximum absolute atomic E-state index is 13.5. The van der Waals surface area contributed by atoms with Crippen LogP contribution in [0.15, 0.2) is 23.2 Å². The molecule has 102 valence electrons. The predicted molar refractivity (Wildman–Crippen MR) is 82.2 cm³/mol. The van der Waals surface area contributed by atoms with E-state index in [4.69, 9.17) is 4.74 Å². The number of rotatable bonds is 4. The van der Waals surface area contributed by atoms with Crippen molar-refractivity contribution in [1.29, 1.82) is 0 Å². The molecule has 0 radical (unpaired) electrons. The summed E-state index contributed by atoms with van der Waals surface area (Å²) in [5.74, 6) is 0.610. The molecule has 0 spiro atoms. The minimum atomic E-state index is -0.342. The molecule has 0 aromatic heterocycles. The molecule has 0 saturated heterocycles. The summed E-state index contributed by atoms with van der Waals surface area (Å²) in [6, 6.07) is 4.92. The molecule has 0 aliphatic heterocycles. The molecule has 1 aromatic rings. The molecule has 18 heavy (non-hydrogen) atoms. The SMILES string of the molecule is CCOc1ccc(CNC(=NC)NC)cc1F.I. The lowest BCUT2D eigenvalue weighted by atomic mass is 10.2. The van der Waals surface area contributed by atoms with Gasteiger partial charge >= 0.3 is 0 Å². The Hall–Kier alpha value is -1.05. The number of hydrogen-bond donors (Lipinski definition) is 2. The van der Waals surface area contributed by atoms with Crippen LogP contribution >= 0.6 is 24.0 Å². The van der Waals surface area contributed by atoms with Crippen molar-refractivity contribution < 1.29 is 9.13 Å². The second-order valence-corrected chi connectivity index (χ2v) is 3.37. The van der Waals surface area contributed by atoms with Gasteiger partial charge in [-0.15, -0.1) is 24.0 Å². The Balaban J connectivity index is 0.00000289. The van der Waals surface area contributed by atoms with Crippen LogP contribution in [0.3, 0.4) is 0 Å². The maximum atomic E-state index is 13.5. The van der Waals surface area contributed by atoms with Gasteiger partial charge in [-0.2, -0.15) is 0 Å². The molecule has 4 nitrogen and oxygen atoms in total. The molecule has 6 heteroatoms. The second kappa shape index (κ2) is 8.96. The van der Waals surface area contributed by atoms with E-state index in [-0.39, 0.29) is 35.5 Å². The largest absolute Gasteiger partial charge is 0.491 e. The lowest BCUT2D eigenvalue weighted by Gasteiger charge is -2.10. The molecule has 0 aliphatic carbocycles. The van der Waals surface area contributed by atoms with Crippen LogP contribution in [0.25, 0.3) is 0 Å². The Labute approximate surface area is 124 Å². The van der Waals surface area contributed by atoms with Crippen LogP contribution in [0, 0.1) is 5.82 Å². The monoisotopic (exact) mass is 367 g/mol. The maximum Gasteiger partial charge on any atom is 0.190 e. The van der Waals surface area contributed by atoms with Gasteiger partial charge in [-0.25, -0.2) is 4.39 Å². The number of ether oxygens (including phenoxy) is 1. The van der Waals surface area contributed by atoms with Gasteiger partial charge in [-0.1, -0.05) is 6.07 Å². The van der Waals surface area contributed by atoms with E-state index in [1.807, 2.05) is 13.0 Å². The third-order valence-electron chi connectivity index (χ3n) is 2.22. The van der Waals surface area contributed by atoms with E-state index in [9.17, 15) is 4.39 Å². The average molecular weight is 367 g/mol. The molecule has 0 heterocycles. The Morgan fingerprint density at radius 3 is 2.67 bits per heavy atom. The normalized spacial score (nSPS) is 10.6. The second-order valence-electron chi connectivity index (χ2n) is 3.37. The molecule has 0 amide bonds. The van der Waals surface area contributed by atoms with Crippen LogP contribution in [0.5, 0.6) is 5.75 Å². The van der Waals surface area contributed by atoms with Crippen molar-refractivity contribution in [3.63, 3.8) is 0 Å². The van der Waals surface area contributed by atoms with E-state index in [0.717, 1.165) is 5.56 Å². The standard InChI is InChI=1S/C12H18FN3O.HI/c1-4-17-11-6-5-9(7-10(11)13)8-16-12(14-2)15-3;/h5-7H,4,8H2,1-3H3,(H2,14,15,16);1H. The fourth-order valence-electron chi connectivity index (χ4n) is 1.39. The van der Waals surface area contributed by atoms with E-state index in [1.165, 1.54) is 6.07 Å². The summed E-state index contributed by atoms with van der Waals surface area (Å²) in [5.41, 5.74) is 0.836. The summed E-state index contributed by atoms with van der Waals surface area (Å²) in [7, 11) is 3.45. The van der Waals surface area contributed by atoms with Crippen molar-refractivity contribution >= 4 is 29.9 Å². The molecule has 0 aliphatic rings. The van der Waals surface area contributed by atoms with Gasteiger partial charge < -0.3 is 15.4 Å². The van der Waals surface area contributed by atoms with Crippen LogP contribution in [0.4, 0.5) is 4.39 Å². The minimum absolute atomic E-state index is 0. The van der Waals surface area contributed by atoms with Crippen molar-refractivity contribution in [1.82, 2.24) is 10.6 Å². The molecule has 1 aromatic carbocycles. The highest BCUT2D eigenvalue weighted by molar-refractivity contribution is 14.0. The number of guanidine groups is 1. The number of hydrogen-bond acceptors (Lipinski definition) is 2. The minimum Gasteiger partial charge on any atom is -0.491 e. The van der Waals surface area contributed by atoms with Crippen LogP contribution < -0.4 is 15.4 Å². The molecule has 1 rings (SSSR count). The first kappa shape index (κ1) is 16.9. The number of halogens is 2. The zero-order chi connectivity index (χ0) is 12.7. The highest BCUT2D eigenvalue weighted by atomic mass is 127. The van der Waals surface area contributed by atoms with Gasteiger partial charge in [0.15, 0.2) is 17.5 Å². The third kappa shape index (κ3) is 5.07. The first-order chi connectivity index (χ1) is 8.21. The summed E-state index contributed by atoms with van der Waals surface area (Å²) in [6.45, 7) is 2.80. The highest BCUT2D eigenvalue weighted by Crippen LogP contribution is 2.18. The molecule has 0 saturated carbocycles. The van der Waals surface area contributed by atoms with Crippen LogP contribution in [-0.2, 0) is 6.54 Å². The zero-order valence-electron chi connectivity index (χ0n) is 10.8. The van der Waals surface area contributed by atoms with Crippen molar-refractivity contribution in [2.24, 2.45) is 4.99 Å². The Kier molecular flexibility index (Phi) is 8.43. The molecule has 2 N–H and O–H groups in total. The number of benzene rings is 1. The van der Waals surface area contributed by atoms with Gasteiger partial charge in [-0.3, -0.25) is 4.99 Å². The first-order valence-electron chi connectivity index (χ1n) is 5.50. The van der Waals surface area contributed by atoms with Crippen LogP contribution in [-0.4, -0.2) is 26.7 Å². The molecular weight excluding hydrogens is 348 g/mol. The zero-order valence-corrected chi connectivity index (χ0v) is 13.1. The smallest absolute Gasteiger partial charge is 0.190 e. The van der Waals surface area contributed by atoms with Gasteiger partial charge in [0, 0.05) is 20.6 Å². The van der Waals surface area contributed by atoms with E-state index in [0.29, 0.717) is 19.1 Å². The van der Waals surface area contributed by atoms with Crippen molar-refractivity contribution in [2.75, 3.05) is 20.7 Å². The predicted octanol–water partition coefficient (Wildman–Crippen LogP) is 2.14. The fourth-order valence-corrected chi connectivity index (χ4v) is 1.39. The van der Waals surface area contributed by atoms with E-state index in [2.05, 4.69) is 15.6 Å². The summed E-state index contributed by atoms with van der Waals surface area (Å²) < 4.78 is 18.7. The number of nitrogens with zero attached hydrogens (tertiary/aromatic N) is 1. The lowest BCUT2D eigenvalue weighted by Crippen LogP contribution is -2.34. The van der Waals surface area contributed by atoms with E-state index in [1.54, 1.807) is 20.2 Å². The average Bonchev–Trinajstić information content (AvgIpc) is 2.34. The lowest BCUT2D eigenvalue weighted by molar-refractivity contribution is 0.321. The van der Waals surface area contributed by atoms with Crippen LogP contribution in [0.1, 0.15) is 12.5 Å². The molecule has 0 bridgehead atoms. The van der Waals surface area contributed by atoms with Gasteiger partial charge in [0.1, 0.15) is 0 Å². The molecular formula is C12H19FIN3O. The summed E-state index contributed by atoms with van der Waals surface area (Å²) in [4.78, 5) is 3.97. The topological polar surface area (TPSA) is 45.6 Å². The van der Waals surface area contributed by atoms with E-state index >= 15 is 0 Å². The summed E-state index contributed by atoms with van der Waals surface area (Å²) >= 11 is 0. The first-order valence-corrected chi connectivity index (χ1v) is 5.50. The Morgan fingerprint density at radius 2 is 2.17 bits per heavy atom. The number of nitrogens with one attached hydrogen (secondary N) is 2. The van der Waals surface area contributed by atoms with Gasteiger partial charge in [0.05, 0.1) is 6.61 Å². The van der Waals surface area contributed by atoms with Crippen molar-refractivity contribution in [3.05, 3.63) is 29.6 Å². The Bertz CT molecular complexity index is 399. The molecule has 0 unspecified atom stereocenters. The molecule has 0 atom stereocenters. The fraction of sp³-hybridized carbons (Fsp3) is 0.417. The quantitative estimate of drug-likeness (QED) is 0.487. The summed E-state index contributed by atoms with van der Waals surface area (Å²) in [5, 5.41) is 5.93. The van der Waals surface area contributed by atoms with Gasteiger partial charge in [0.2, 0.25) is 0 Å². The van der Waals surface area contributed by atoms with E-state index < -0.39 is 0 Å². The number of aliphatic imine (C=N–C) groups is 1. The third-order valence-corrected chi connectivity index (χ3v) is 2.22. The van der Waals surface area contributed by atoms with Crippen molar-refractivity contribution in [3.8, 4) is 5.75 Å². The van der Waals surface area contributed by atoms with Gasteiger partial charge in [-0.05, 0) is 24.6 Å². The van der Waals surface area contributed by atoms with Crippen LogP contribution in [0.2, 0.25) is 0 Å². The molecule has 0 fully saturated rings. The summed E-state index contributed by atoms with van der Waals surface area (Å²) in [6.07, 6.45) is 0. The Morgan fingerprint density at radius 1 is 1.44 bits per heavy atom.